The molecule has 1 aromatic heterocycles. The van der Waals surface area contributed by atoms with Crippen LogP contribution in [0.25, 0.3) is 11.1 Å². The van der Waals surface area contributed by atoms with E-state index in [2.05, 4.69) is 9.72 Å². The molecule has 0 spiro atoms. The second-order valence-corrected chi connectivity index (χ2v) is 3.73. The Morgan fingerprint density at radius 2 is 2.00 bits per heavy atom. The molecule has 0 radical (unpaired) electrons. The van der Waals surface area contributed by atoms with E-state index in [9.17, 15) is 14.9 Å². The largest absolute Gasteiger partial charge is 0.464 e. The van der Waals surface area contributed by atoms with Crippen LogP contribution in [0.3, 0.4) is 0 Å². The number of carbonyl (C=O) groups is 1. The summed E-state index contributed by atoms with van der Waals surface area (Å²) >= 11 is 0. The van der Waals surface area contributed by atoms with E-state index < -0.39 is 10.9 Å². The number of nitrogens with zero attached hydrogens (tertiary/aromatic N) is 2. The molecule has 0 bridgehead atoms. The smallest absolute Gasteiger partial charge is 0.356 e. The molecule has 0 unspecified atom stereocenters. The number of pyridine rings is 1. The minimum absolute atomic E-state index is 0.00562. The van der Waals surface area contributed by atoms with Crippen molar-refractivity contribution < 1.29 is 14.5 Å². The predicted octanol–water partition coefficient (Wildman–Crippen LogP) is 2.44. The molecule has 0 saturated carbocycles. The zero-order valence-electron chi connectivity index (χ0n) is 10.1. The van der Waals surface area contributed by atoms with Crippen LogP contribution in [0.5, 0.6) is 0 Å². The summed E-state index contributed by atoms with van der Waals surface area (Å²) in [4.78, 5) is 25.5. The first-order valence-corrected chi connectivity index (χ1v) is 5.41. The third-order valence-corrected chi connectivity index (χ3v) is 2.54. The molecule has 1 aromatic carbocycles. The molecule has 6 nitrogen and oxygen atoms in total. The standard InChI is InChI=1S/C13H10N2O4/c1-19-13(16)12-8-10(5-6-14-12)9-3-2-4-11(7-9)15(17)18/h2-8H,1H3. The maximum absolute atomic E-state index is 11.4. The number of aromatic nitrogens is 1. The number of esters is 1. The van der Waals surface area contributed by atoms with Crippen molar-refractivity contribution in [2.45, 2.75) is 0 Å². The molecule has 0 aliphatic heterocycles. The first-order valence-electron chi connectivity index (χ1n) is 5.41. The lowest BCUT2D eigenvalue weighted by molar-refractivity contribution is -0.384. The molecule has 1 heterocycles. The molecular weight excluding hydrogens is 248 g/mol. The highest BCUT2D eigenvalue weighted by molar-refractivity contribution is 5.88. The Bertz CT molecular complexity index is 640. The van der Waals surface area contributed by atoms with Crippen LogP contribution in [0.2, 0.25) is 0 Å². The maximum atomic E-state index is 11.4. The molecule has 19 heavy (non-hydrogen) atoms. The molecule has 96 valence electrons. The number of methoxy groups -OCH3 is 1. The van der Waals surface area contributed by atoms with Crippen molar-refractivity contribution in [1.82, 2.24) is 4.98 Å². The van der Waals surface area contributed by atoms with Crippen LogP contribution in [0.1, 0.15) is 10.5 Å². The van der Waals surface area contributed by atoms with Crippen LogP contribution in [-0.2, 0) is 4.74 Å². The van der Waals surface area contributed by atoms with Crippen LogP contribution in [0.4, 0.5) is 5.69 Å². The molecule has 0 atom stereocenters. The van der Waals surface area contributed by atoms with Gasteiger partial charge in [-0.25, -0.2) is 9.78 Å². The third-order valence-electron chi connectivity index (χ3n) is 2.54. The molecule has 0 amide bonds. The lowest BCUT2D eigenvalue weighted by Gasteiger charge is -2.03. The monoisotopic (exact) mass is 258 g/mol. The van der Waals surface area contributed by atoms with Crippen LogP contribution in [-0.4, -0.2) is 23.0 Å². The summed E-state index contributed by atoms with van der Waals surface area (Å²) in [5.41, 5.74) is 1.46. The summed E-state index contributed by atoms with van der Waals surface area (Å²) in [6.07, 6.45) is 1.46. The fourth-order valence-electron chi connectivity index (χ4n) is 1.63. The Kier molecular flexibility index (Phi) is 3.51. The fourth-order valence-corrected chi connectivity index (χ4v) is 1.63. The van der Waals surface area contributed by atoms with Crippen LogP contribution < -0.4 is 0 Å². The van der Waals surface area contributed by atoms with Gasteiger partial charge in [0.05, 0.1) is 12.0 Å². The van der Waals surface area contributed by atoms with Gasteiger partial charge in [0.2, 0.25) is 0 Å². The third kappa shape index (κ3) is 2.74. The van der Waals surface area contributed by atoms with Crippen molar-refractivity contribution in [2.24, 2.45) is 0 Å². The number of benzene rings is 1. The van der Waals surface area contributed by atoms with Crippen LogP contribution >= 0.6 is 0 Å². The molecular formula is C13H10N2O4. The van der Waals surface area contributed by atoms with E-state index in [0.29, 0.717) is 11.1 Å². The predicted molar refractivity (Wildman–Crippen MR) is 67.7 cm³/mol. The number of hydrogen-bond acceptors (Lipinski definition) is 5. The Labute approximate surface area is 108 Å². The zero-order chi connectivity index (χ0) is 13.8. The van der Waals surface area contributed by atoms with E-state index in [-0.39, 0.29) is 11.4 Å². The average molecular weight is 258 g/mol. The van der Waals surface area contributed by atoms with Gasteiger partial charge in [0.1, 0.15) is 5.69 Å². The molecule has 0 aliphatic rings. The average Bonchev–Trinajstić information content (AvgIpc) is 2.46. The molecule has 0 N–H and O–H groups in total. The van der Waals surface area contributed by atoms with Crippen molar-refractivity contribution in [3.63, 3.8) is 0 Å². The van der Waals surface area contributed by atoms with Gasteiger partial charge in [-0.1, -0.05) is 12.1 Å². The van der Waals surface area contributed by atoms with Crippen LogP contribution in [0.15, 0.2) is 42.6 Å². The van der Waals surface area contributed by atoms with Crippen LogP contribution in [0, 0.1) is 10.1 Å². The van der Waals surface area contributed by atoms with Gasteiger partial charge in [-0.15, -0.1) is 0 Å². The summed E-state index contributed by atoms with van der Waals surface area (Å²) in [6, 6.07) is 9.37. The van der Waals surface area contributed by atoms with Gasteiger partial charge in [0, 0.05) is 18.3 Å². The van der Waals surface area contributed by atoms with Crippen molar-refractivity contribution >= 4 is 11.7 Å². The maximum Gasteiger partial charge on any atom is 0.356 e. The highest BCUT2D eigenvalue weighted by Crippen LogP contribution is 2.24. The van der Waals surface area contributed by atoms with Gasteiger partial charge in [0.25, 0.3) is 5.69 Å². The van der Waals surface area contributed by atoms with Crippen molar-refractivity contribution in [2.75, 3.05) is 7.11 Å². The van der Waals surface area contributed by atoms with E-state index >= 15 is 0 Å². The first kappa shape index (κ1) is 12.7. The fraction of sp³-hybridized carbons (Fsp3) is 0.0769. The van der Waals surface area contributed by atoms with Crippen molar-refractivity contribution in [1.29, 1.82) is 0 Å². The summed E-state index contributed by atoms with van der Waals surface area (Å²) < 4.78 is 4.58. The van der Waals surface area contributed by atoms with Gasteiger partial charge < -0.3 is 4.74 Å². The van der Waals surface area contributed by atoms with Crippen molar-refractivity contribution in [3.8, 4) is 11.1 Å². The molecule has 2 aromatic rings. The lowest BCUT2D eigenvalue weighted by atomic mass is 10.1. The number of hydrogen-bond donors (Lipinski definition) is 0. The van der Waals surface area contributed by atoms with E-state index in [1.807, 2.05) is 0 Å². The summed E-state index contributed by atoms with van der Waals surface area (Å²) in [7, 11) is 1.27. The SMILES string of the molecule is COC(=O)c1cc(-c2cccc([N+](=O)[O-])c2)ccn1. The van der Waals surface area contributed by atoms with E-state index in [0.717, 1.165) is 0 Å². The number of carbonyl (C=O) groups excluding carboxylic acids is 1. The topological polar surface area (TPSA) is 82.3 Å². The zero-order valence-corrected chi connectivity index (χ0v) is 10.1. The number of ether oxygens (including phenoxy) is 1. The summed E-state index contributed by atoms with van der Waals surface area (Å²) in [5, 5.41) is 10.7. The van der Waals surface area contributed by atoms with Gasteiger partial charge in [0.15, 0.2) is 0 Å². The number of non-ortho nitro benzene ring substituents is 1. The number of nitro benzene ring substituents is 1. The molecule has 6 heteroatoms. The highest BCUT2D eigenvalue weighted by atomic mass is 16.6. The Balaban J connectivity index is 2.44. The van der Waals surface area contributed by atoms with E-state index in [1.165, 1.54) is 31.5 Å². The van der Waals surface area contributed by atoms with Gasteiger partial charge in [-0.3, -0.25) is 10.1 Å². The molecule has 0 aliphatic carbocycles. The summed E-state index contributed by atoms with van der Waals surface area (Å²) in [5.74, 6) is -0.549. The second-order valence-electron chi connectivity index (χ2n) is 3.73. The van der Waals surface area contributed by atoms with Crippen molar-refractivity contribution in [3.05, 3.63) is 58.4 Å². The van der Waals surface area contributed by atoms with Gasteiger partial charge in [-0.2, -0.15) is 0 Å². The first-order chi connectivity index (χ1) is 9.11. The lowest BCUT2D eigenvalue weighted by Crippen LogP contribution is -2.03. The Hall–Kier alpha value is -2.76. The van der Waals surface area contributed by atoms with Gasteiger partial charge >= 0.3 is 5.97 Å². The number of rotatable bonds is 3. The normalized spacial score (nSPS) is 9.95. The second kappa shape index (κ2) is 5.26. The highest BCUT2D eigenvalue weighted by Gasteiger charge is 2.11. The van der Waals surface area contributed by atoms with E-state index in [1.54, 1.807) is 18.2 Å². The van der Waals surface area contributed by atoms with Gasteiger partial charge in [-0.05, 0) is 23.3 Å². The summed E-state index contributed by atoms with van der Waals surface area (Å²) in [6.45, 7) is 0. The Morgan fingerprint density at radius 1 is 1.26 bits per heavy atom. The minimum Gasteiger partial charge on any atom is -0.464 e. The Morgan fingerprint density at radius 3 is 2.68 bits per heavy atom. The molecule has 0 saturated heterocycles. The molecule has 0 fully saturated rings. The quantitative estimate of drug-likeness (QED) is 0.479. The minimum atomic E-state index is -0.549. The molecule has 2 rings (SSSR count). The van der Waals surface area contributed by atoms with E-state index in [4.69, 9.17) is 0 Å². The number of nitro groups is 1.